The second kappa shape index (κ2) is 7.66. The maximum atomic E-state index is 11.5. The summed E-state index contributed by atoms with van der Waals surface area (Å²) in [6.07, 6.45) is -0.332. The number of esters is 1. The molecule has 0 atom stereocenters. The number of carbonyl (C=O) groups excluding carboxylic acids is 2. The molecular formula is C13H12O5S2. The highest BCUT2D eigenvalue weighted by atomic mass is 32.1. The van der Waals surface area contributed by atoms with Crippen LogP contribution < -0.4 is 4.74 Å². The summed E-state index contributed by atoms with van der Waals surface area (Å²) in [5, 5.41) is 7.02. The molecule has 0 spiro atoms. The smallest absolute Gasteiger partial charge is 0.462 e. The molecule has 5 nitrogen and oxygen atoms in total. The largest absolute Gasteiger partial charge is 0.513 e. The zero-order valence-electron chi connectivity index (χ0n) is 10.4. The molecule has 0 radical (unpaired) electrons. The van der Waals surface area contributed by atoms with Gasteiger partial charge in [-0.15, -0.1) is 11.3 Å². The predicted molar refractivity (Wildman–Crippen MR) is 75.5 cm³/mol. The lowest BCUT2D eigenvalue weighted by Gasteiger charge is -2.05. The van der Waals surface area contributed by atoms with Gasteiger partial charge in [0.2, 0.25) is 0 Å². The first-order valence-corrected chi connectivity index (χ1v) is 7.70. The molecule has 0 aliphatic heterocycles. The Morgan fingerprint density at radius 1 is 1.00 bits per heavy atom. The van der Waals surface area contributed by atoms with Crippen LogP contribution in [0, 0.1) is 0 Å². The molecule has 0 fully saturated rings. The third-order valence-corrected chi connectivity index (χ3v) is 3.54. The maximum absolute atomic E-state index is 11.5. The summed E-state index contributed by atoms with van der Waals surface area (Å²) in [6, 6.07) is 3.37. The Morgan fingerprint density at radius 2 is 1.75 bits per heavy atom. The quantitative estimate of drug-likeness (QED) is 0.603. The molecule has 2 aromatic rings. The fraction of sp³-hybridized carbons (Fsp3) is 0.231. The molecule has 0 amide bonds. The van der Waals surface area contributed by atoms with Gasteiger partial charge >= 0.3 is 12.1 Å². The number of hydrogen-bond donors (Lipinski definition) is 0. The van der Waals surface area contributed by atoms with Crippen molar-refractivity contribution in [2.24, 2.45) is 0 Å². The van der Waals surface area contributed by atoms with Crippen molar-refractivity contribution in [3.8, 4) is 5.75 Å². The molecular weight excluding hydrogens is 300 g/mol. The van der Waals surface area contributed by atoms with Crippen molar-refractivity contribution < 1.29 is 23.8 Å². The third-order valence-electron chi connectivity index (χ3n) is 2.19. The van der Waals surface area contributed by atoms with Gasteiger partial charge in [-0.25, -0.2) is 9.59 Å². The van der Waals surface area contributed by atoms with Crippen LogP contribution in [0.15, 0.2) is 33.7 Å². The van der Waals surface area contributed by atoms with Crippen LogP contribution in [0.3, 0.4) is 0 Å². The first-order chi connectivity index (χ1) is 9.75. The normalized spacial score (nSPS) is 10.0. The van der Waals surface area contributed by atoms with Gasteiger partial charge in [-0.1, -0.05) is 0 Å². The summed E-state index contributed by atoms with van der Waals surface area (Å²) in [5.74, 6) is 0.0935. The molecule has 0 bridgehead atoms. The van der Waals surface area contributed by atoms with Crippen molar-refractivity contribution in [1.29, 1.82) is 0 Å². The molecule has 20 heavy (non-hydrogen) atoms. The zero-order chi connectivity index (χ0) is 14.2. The molecule has 2 heterocycles. The highest BCUT2D eigenvalue weighted by Crippen LogP contribution is 2.15. The van der Waals surface area contributed by atoms with Crippen molar-refractivity contribution in [1.82, 2.24) is 0 Å². The van der Waals surface area contributed by atoms with Gasteiger partial charge < -0.3 is 14.2 Å². The van der Waals surface area contributed by atoms with Crippen molar-refractivity contribution in [2.45, 2.75) is 6.42 Å². The van der Waals surface area contributed by atoms with E-state index < -0.39 is 6.16 Å². The van der Waals surface area contributed by atoms with E-state index in [2.05, 4.69) is 0 Å². The molecule has 0 saturated heterocycles. The Kier molecular flexibility index (Phi) is 5.57. The second-order valence-corrected chi connectivity index (χ2v) is 5.22. The second-order valence-electron chi connectivity index (χ2n) is 3.66. The van der Waals surface area contributed by atoms with E-state index in [1.54, 1.807) is 33.7 Å². The number of thiophene rings is 2. The molecule has 2 aromatic heterocycles. The van der Waals surface area contributed by atoms with Crippen molar-refractivity contribution in [2.75, 3.05) is 13.2 Å². The van der Waals surface area contributed by atoms with E-state index in [1.807, 2.05) is 0 Å². The van der Waals surface area contributed by atoms with Crippen LogP contribution in [0.4, 0.5) is 4.79 Å². The standard InChI is InChI=1S/C13H12O5S2/c14-12(10-2-6-19-8-10)16-4-1-5-17-13(15)18-11-3-7-20-9-11/h2-3,6-9H,1,4-5H2. The first-order valence-electron chi connectivity index (χ1n) is 5.82. The van der Waals surface area contributed by atoms with E-state index in [4.69, 9.17) is 14.2 Å². The highest BCUT2D eigenvalue weighted by Gasteiger charge is 2.08. The van der Waals surface area contributed by atoms with Gasteiger partial charge in [-0.2, -0.15) is 11.3 Å². The summed E-state index contributed by atoms with van der Waals surface area (Å²) >= 11 is 2.86. The van der Waals surface area contributed by atoms with Gasteiger partial charge in [0.15, 0.2) is 0 Å². The van der Waals surface area contributed by atoms with Gasteiger partial charge in [0.25, 0.3) is 0 Å². The van der Waals surface area contributed by atoms with Crippen LogP contribution in [-0.4, -0.2) is 25.3 Å². The number of carbonyl (C=O) groups is 2. The van der Waals surface area contributed by atoms with E-state index in [9.17, 15) is 9.59 Å². The van der Waals surface area contributed by atoms with Crippen LogP contribution in [0.5, 0.6) is 5.75 Å². The molecule has 0 aliphatic carbocycles. The third kappa shape index (κ3) is 4.67. The van der Waals surface area contributed by atoms with E-state index >= 15 is 0 Å². The number of ether oxygens (including phenoxy) is 3. The predicted octanol–water partition coefficient (Wildman–Crippen LogP) is 3.57. The van der Waals surface area contributed by atoms with Crippen molar-refractivity contribution in [3.05, 3.63) is 39.2 Å². The van der Waals surface area contributed by atoms with E-state index in [0.717, 1.165) is 0 Å². The van der Waals surface area contributed by atoms with Crippen LogP contribution in [0.2, 0.25) is 0 Å². The maximum Gasteiger partial charge on any atom is 0.513 e. The van der Waals surface area contributed by atoms with Gasteiger partial charge in [0.05, 0.1) is 18.8 Å². The summed E-state index contributed by atoms with van der Waals surface area (Å²) in [5.41, 5.74) is 0.535. The van der Waals surface area contributed by atoms with Gasteiger partial charge in [0.1, 0.15) is 5.75 Å². The fourth-order valence-corrected chi connectivity index (χ4v) is 2.46. The molecule has 2 rings (SSSR count). The minimum Gasteiger partial charge on any atom is -0.462 e. The van der Waals surface area contributed by atoms with Crippen LogP contribution in [0.25, 0.3) is 0 Å². The fourth-order valence-electron chi connectivity index (χ4n) is 1.28. The van der Waals surface area contributed by atoms with Crippen LogP contribution in [0.1, 0.15) is 16.8 Å². The molecule has 0 aromatic carbocycles. The Balaban J connectivity index is 1.55. The van der Waals surface area contributed by atoms with E-state index in [0.29, 0.717) is 17.7 Å². The average Bonchev–Trinajstić information content (AvgIpc) is 3.10. The number of hydrogen-bond acceptors (Lipinski definition) is 7. The lowest BCUT2D eigenvalue weighted by molar-refractivity contribution is 0.0458. The Bertz CT molecular complexity index is 533. The first kappa shape index (κ1) is 14.5. The molecule has 0 N–H and O–H groups in total. The lowest BCUT2D eigenvalue weighted by Crippen LogP contribution is -2.13. The van der Waals surface area contributed by atoms with Gasteiger partial charge in [0, 0.05) is 17.2 Å². The Hall–Kier alpha value is -1.86. The van der Waals surface area contributed by atoms with Crippen LogP contribution >= 0.6 is 22.7 Å². The van der Waals surface area contributed by atoms with Gasteiger partial charge in [-0.3, -0.25) is 0 Å². The molecule has 7 heteroatoms. The molecule has 0 unspecified atom stereocenters. The topological polar surface area (TPSA) is 61.8 Å². The summed E-state index contributed by atoms with van der Waals surface area (Å²) < 4.78 is 14.7. The SMILES string of the molecule is O=C(OCCCOC(=O)c1ccsc1)Oc1ccsc1. The summed E-state index contributed by atoms with van der Waals surface area (Å²) in [6.45, 7) is 0.334. The molecule has 0 aliphatic rings. The summed E-state index contributed by atoms with van der Waals surface area (Å²) in [4.78, 5) is 22.7. The van der Waals surface area contributed by atoms with E-state index in [-0.39, 0.29) is 19.2 Å². The molecule has 0 saturated carbocycles. The average molecular weight is 312 g/mol. The zero-order valence-corrected chi connectivity index (χ0v) is 12.1. The van der Waals surface area contributed by atoms with Crippen LogP contribution in [-0.2, 0) is 9.47 Å². The highest BCUT2D eigenvalue weighted by molar-refractivity contribution is 7.08. The summed E-state index contributed by atoms with van der Waals surface area (Å²) in [7, 11) is 0. The molecule has 106 valence electrons. The van der Waals surface area contributed by atoms with E-state index in [1.165, 1.54) is 22.7 Å². The Labute approximate surface area is 123 Å². The van der Waals surface area contributed by atoms with Crippen molar-refractivity contribution in [3.63, 3.8) is 0 Å². The monoisotopic (exact) mass is 312 g/mol. The minimum atomic E-state index is -0.757. The number of rotatable bonds is 6. The minimum absolute atomic E-state index is 0.139. The lowest BCUT2D eigenvalue weighted by atomic mass is 10.3. The van der Waals surface area contributed by atoms with Gasteiger partial charge in [-0.05, 0) is 22.9 Å². The van der Waals surface area contributed by atoms with Crippen molar-refractivity contribution >= 4 is 34.8 Å². The Morgan fingerprint density at radius 3 is 2.45 bits per heavy atom.